The smallest absolute Gasteiger partial charge is 0.128 e. The third kappa shape index (κ3) is 3.82. The summed E-state index contributed by atoms with van der Waals surface area (Å²) in [6.07, 6.45) is 0.971. The first kappa shape index (κ1) is 15.2. The van der Waals surface area contributed by atoms with Gasteiger partial charge in [0.15, 0.2) is 0 Å². The third-order valence-electron chi connectivity index (χ3n) is 3.11. The molecule has 0 heterocycles. The summed E-state index contributed by atoms with van der Waals surface area (Å²) < 4.78 is 10.8. The lowest BCUT2D eigenvalue weighted by molar-refractivity contribution is 0.353. The van der Waals surface area contributed by atoms with E-state index in [0.29, 0.717) is 0 Å². The van der Waals surface area contributed by atoms with Gasteiger partial charge in [-0.3, -0.25) is 0 Å². The maximum absolute atomic E-state index is 5.50. The maximum Gasteiger partial charge on any atom is 0.128 e. The Bertz CT molecular complexity index is 382. The van der Waals surface area contributed by atoms with Crippen molar-refractivity contribution in [2.75, 3.05) is 40.1 Å². The number of benzene rings is 1. The van der Waals surface area contributed by atoms with Gasteiger partial charge < -0.3 is 14.4 Å². The summed E-state index contributed by atoms with van der Waals surface area (Å²) in [7, 11) is 5.50. The number of ether oxygens (including phenoxy) is 2. The largest absolute Gasteiger partial charge is 0.496 e. The fourth-order valence-electron chi connectivity index (χ4n) is 2.03. The van der Waals surface area contributed by atoms with E-state index in [-0.39, 0.29) is 0 Å². The first-order chi connectivity index (χ1) is 8.63. The molecule has 3 nitrogen and oxygen atoms in total. The summed E-state index contributed by atoms with van der Waals surface area (Å²) in [5, 5.41) is 0. The minimum atomic E-state index is 0.874. The molecular weight excluding hydrogens is 246 g/mol. The number of thiol groups is 1. The van der Waals surface area contributed by atoms with Gasteiger partial charge in [0.1, 0.15) is 11.5 Å². The average molecular weight is 269 g/mol. The first-order valence-corrected chi connectivity index (χ1v) is 6.77. The quantitative estimate of drug-likeness (QED) is 0.768. The van der Waals surface area contributed by atoms with Gasteiger partial charge in [-0.25, -0.2) is 0 Å². The second-order valence-corrected chi connectivity index (χ2v) is 4.81. The van der Waals surface area contributed by atoms with Crippen molar-refractivity contribution in [1.82, 2.24) is 4.90 Å². The van der Waals surface area contributed by atoms with Gasteiger partial charge in [0.25, 0.3) is 0 Å². The zero-order chi connectivity index (χ0) is 13.5. The van der Waals surface area contributed by atoms with Crippen molar-refractivity contribution >= 4 is 12.6 Å². The molecule has 0 aliphatic carbocycles. The molecule has 1 aromatic rings. The van der Waals surface area contributed by atoms with Crippen LogP contribution in [0.15, 0.2) is 12.1 Å². The van der Waals surface area contributed by atoms with E-state index in [1.807, 2.05) is 13.0 Å². The molecule has 4 heteroatoms. The molecule has 102 valence electrons. The summed E-state index contributed by atoms with van der Waals surface area (Å²) in [4.78, 5) is 2.27. The van der Waals surface area contributed by atoms with E-state index in [4.69, 9.17) is 9.47 Å². The Hall–Kier alpha value is -0.870. The predicted molar refractivity (Wildman–Crippen MR) is 79.3 cm³/mol. The highest BCUT2D eigenvalue weighted by atomic mass is 32.1. The molecule has 0 amide bonds. The molecule has 0 atom stereocenters. The Morgan fingerprint density at radius 3 is 2.44 bits per heavy atom. The molecule has 0 saturated carbocycles. The molecule has 0 saturated heterocycles. The van der Waals surface area contributed by atoms with Crippen molar-refractivity contribution in [3.8, 4) is 11.5 Å². The van der Waals surface area contributed by atoms with E-state index in [0.717, 1.165) is 42.3 Å². The molecule has 0 fully saturated rings. The number of likely N-dealkylation sites (N-methyl/N-ethyl adjacent to an activating group) is 1. The van der Waals surface area contributed by atoms with Gasteiger partial charge in [0.05, 0.1) is 14.2 Å². The van der Waals surface area contributed by atoms with Crippen molar-refractivity contribution in [3.05, 3.63) is 23.3 Å². The van der Waals surface area contributed by atoms with Gasteiger partial charge in [-0.1, -0.05) is 6.07 Å². The predicted octanol–water partition coefficient (Wildman–Crippen LogP) is 2.42. The van der Waals surface area contributed by atoms with Gasteiger partial charge in [-0.05, 0) is 32.0 Å². The molecule has 0 aliphatic heterocycles. The van der Waals surface area contributed by atoms with Crippen LogP contribution in [0.1, 0.15) is 11.1 Å². The van der Waals surface area contributed by atoms with Crippen LogP contribution in [0.4, 0.5) is 0 Å². The number of nitrogens with zero attached hydrogens (tertiary/aromatic N) is 1. The molecule has 0 bridgehead atoms. The molecule has 0 N–H and O–H groups in total. The minimum Gasteiger partial charge on any atom is -0.496 e. The average Bonchev–Trinajstić information content (AvgIpc) is 2.36. The Labute approximate surface area is 115 Å². The minimum absolute atomic E-state index is 0.874. The lowest BCUT2D eigenvalue weighted by atomic mass is 10.1. The van der Waals surface area contributed by atoms with Crippen LogP contribution in [0.5, 0.6) is 11.5 Å². The molecule has 1 rings (SSSR count). The highest BCUT2D eigenvalue weighted by molar-refractivity contribution is 7.80. The molecular formula is C14H23NO2S. The lowest BCUT2D eigenvalue weighted by Crippen LogP contribution is -2.23. The van der Waals surface area contributed by atoms with Crippen LogP contribution < -0.4 is 9.47 Å². The van der Waals surface area contributed by atoms with Gasteiger partial charge >= 0.3 is 0 Å². The van der Waals surface area contributed by atoms with Gasteiger partial charge in [0.2, 0.25) is 0 Å². The Balaban J connectivity index is 2.79. The van der Waals surface area contributed by atoms with Crippen molar-refractivity contribution in [3.63, 3.8) is 0 Å². The molecule has 0 radical (unpaired) electrons. The zero-order valence-corrected chi connectivity index (χ0v) is 12.6. The van der Waals surface area contributed by atoms with E-state index in [1.165, 1.54) is 5.56 Å². The standard InChI is InChI=1S/C14H23NO2S/c1-11-13(16-3)6-5-12(14(11)17-4)7-8-15(2)9-10-18/h5-6,18H,7-10H2,1-4H3. The number of methoxy groups -OCH3 is 2. The van der Waals surface area contributed by atoms with E-state index < -0.39 is 0 Å². The Kier molecular flexibility index (Phi) is 6.36. The summed E-state index contributed by atoms with van der Waals surface area (Å²) >= 11 is 4.24. The van der Waals surface area contributed by atoms with Crippen LogP contribution in [-0.2, 0) is 6.42 Å². The fourth-order valence-corrected chi connectivity index (χ4v) is 2.37. The SMILES string of the molecule is COc1ccc(CCN(C)CCS)c(OC)c1C. The summed E-state index contributed by atoms with van der Waals surface area (Å²) in [5.74, 6) is 2.70. The normalized spacial score (nSPS) is 10.8. The van der Waals surface area contributed by atoms with Crippen LogP contribution >= 0.6 is 12.6 Å². The van der Waals surface area contributed by atoms with Crippen molar-refractivity contribution in [2.45, 2.75) is 13.3 Å². The van der Waals surface area contributed by atoms with Gasteiger partial charge in [0, 0.05) is 24.4 Å². The van der Waals surface area contributed by atoms with Gasteiger partial charge in [-0.2, -0.15) is 12.6 Å². The lowest BCUT2D eigenvalue weighted by Gasteiger charge is -2.18. The molecule has 18 heavy (non-hydrogen) atoms. The highest BCUT2D eigenvalue weighted by Crippen LogP contribution is 2.31. The maximum atomic E-state index is 5.50. The summed E-state index contributed by atoms with van der Waals surface area (Å²) in [5.41, 5.74) is 2.29. The highest BCUT2D eigenvalue weighted by Gasteiger charge is 2.11. The number of hydrogen-bond donors (Lipinski definition) is 1. The Morgan fingerprint density at radius 1 is 1.17 bits per heavy atom. The summed E-state index contributed by atoms with van der Waals surface area (Å²) in [6, 6.07) is 4.09. The molecule has 1 aromatic carbocycles. The van der Waals surface area contributed by atoms with E-state index in [1.54, 1.807) is 14.2 Å². The zero-order valence-electron chi connectivity index (χ0n) is 11.7. The second-order valence-electron chi connectivity index (χ2n) is 4.36. The number of rotatable bonds is 7. The molecule has 0 unspecified atom stereocenters. The molecule has 0 aliphatic rings. The van der Waals surface area contributed by atoms with Crippen LogP contribution in [0.25, 0.3) is 0 Å². The van der Waals surface area contributed by atoms with Crippen molar-refractivity contribution in [2.24, 2.45) is 0 Å². The monoisotopic (exact) mass is 269 g/mol. The molecule has 0 spiro atoms. The van der Waals surface area contributed by atoms with Crippen LogP contribution in [0, 0.1) is 6.92 Å². The second kappa shape index (κ2) is 7.54. The third-order valence-corrected chi connectivity index (χ3v) is 3.31. The Morgan fingerprint density at radius 2 is 1.89 bits per heavy atom. The fraction of sp³-hybridized carbons (Fsp3) is 0.571. The van der Waals surface area contributed by atoms with Crippen LogP contribution in [0.3, 0.4) is 0 Å². The van der Waals surface area contributed by atoms with Crippen molar-refractivity contribution < 1.29 is 9.47 Å². The van der Waals surface area contributed by atoms with E-state index in [9.17, 15) is 0 Å². The van der Waals surface area contributed by atoms with Crippen LogP contribution in [0.2, 0.25) is 0 Å². The topological polar surface area (TPSA) is 21.7 Å². The number of hydrogen-bond acceptors (Lipinski definition) is 4. The van der Waals surface area contributed by atoms with Gasteiger partial charge in [-0.15, -0.1) is 0 Å². The van der Waals surface area contributed by atoms with Crippen molar-refractivity contribution in [1.29, 1.82) is 0 Å². The first-order valence-electron chi connectivity index (χ1n) is 6.13. The van der Waals surface area contributed by atoms with E-state index >= 15 is 0 Å². The summed E-state index contributed by atoms with van der Waals surface area (Å²) in [6.45, 7) is 4.03. The molecule has 0 aromatic heterocycles. The van der Waals surface area contributed by atoms with Crippen LogP contribution in [-0.4, -0.2) is 45.0 Å². The van der Waals surface area contributed by atoms with E-state index in [2.05, 4.69) is 30.6 Å².